The van der Waals surface area contributed by atoms with Crippen molar-refractivity contribution in [3.63, 3.8) is 0 Å². The molecule has 1 N–H and O–H groups in total. The Balaban J connectivity index is 2.18. The predicted octanol–water partition coefficient (Wildman–Crippen LogP) is 2.20. The molecule has 1 aliphatic rings. The minimum Gasteiger partial charge on any atom is -0.369 e. The van der Waals surface area contributed by atoms with Crippen LogP contribution in [0.2, 0.25) is 5.02 Å². The van der Waals surface area contributed by atoms with Gasteiger partial charge in [0.05, 0.1) is 0 Å². The summed E-state index contributed by atoms with van der Waals surface area (Å²) in [7, 11) is 2.18. The van der Waals surface area contributed by atoms with E-state index in [0.717, 1.165) is 44.3 Å². The van der Waals surface area contributed by atoms with E-state index in [1.807, 2.05) is 12.1 Å². The van der Waals surface area contributed by atoms with Crippen molar-refractivity contribution in [2.75, 3.05) is 44.7 Å². The second-order valence-electron chi connectivity index (χ2n) is 4.81. The van der Waals surface area contributed by atoms with Crippen molar-refractivity contribution >= 4 is 17.3 Å². The molecule has 1 aromatic carbocycles. The molecular weight excluding hydrogens is 246 g/mol. The lowest BCUT2D eigenvalue weighted by Gasteiger charge is -2.35. The van der Waals surface area contributed by atoms with E-state index in [2.05, 4.69) is 35.2 Å². The Hall–Kier alpha value is -0.770. The standard InChI is InChI=1S/C14H22ClN3/c1-3-16-11-12-13(15)5-4-6-14(12)18-9-7-17(2)8-10-18/h4-6,16H,3,7-11H2,1-2H3. The fraction of sp³-hybridized carbons (Fsp3) is 0.571. The molecule has 0 unspecified atom stereocenters. The zero-order valence-electron chi connectivity index (χ0n) is 11.2. The summed E-state index contributed by atoms with van der Waals surface area (Å²) in [5, 5.41) is 4.24. The number of halogens is 1. The Bertz CT molecular complexity index is 387. The number of hydrogen-bond acceptors (Lipinski definition) is 3. The smallest absolute Gasteiger partial charge is 0.0471 e. The van der Waals surface area contributed by atoms with E-state index < -0.39 is 0 Å². The molecule has 1 aliphatic heterocycles. The Kier molecular flexibility index (Phi) is 4.87. The van der Waals surface area contributed by atoms with Gasteiger partial charge in [-0.05, 0) is 25.7 Å². The zero-order valence-corrected chi connectivity index (χ0v) is 12.0. The number of hydrogen-bond donors (Lipinski definition) is 1. The van der Waals surface area contributed by atoms with Gasteiger partial charge in [0.2, 0.25) is 0 Å². The first-order valence-corrected chi connectivity index (χ1v) is 7.01. The topological polar surface area (TPSA) is 18.5 Å². The predicted molar refractivity (Wildman–Crippen MR) is 78.5 cm³/mol. The molecule has 0 spiro atoms. The molecule has 4 heteroatoms. The molecule has 0 atom stereocenters. The molecule has 18 heavy (non-hydrogen) atoms. The van der Waals surface area contributed by atoms with Crippen LogP contribution < -0.4 is 10.2 Å². The third-order valence-corrected chi connectivity index (χ3v) is 3.84. The SMILES string of the molecule is CCNCc1c(Cl)cccc1N1CCN(C)CC1. The van der Waals surface area contributed by atoms with E-state index in [1.165, 1.54) is 11.3 Å². The number of piperazine rings is 1. The van der Waals surface area contributed by atoms with E-state index in [4.69, 9.17) is 11.6 Å². The van der Waals surface area contributed by atoms with Gasteiger partial charge in [-0.15, -0.1) is 0 Å². The van der Waals surface area contributed by atoms with E-state index in [-0.39, 0.29) is 0 Å². The summed E-state index contributed by atoms with van der Waals surface area (Å²) in [5.41, 5.74) is 2.52. The van der Waals surface area contributed by atoms with Crippen molar-refractivity contribution in [2.24, 2.45) is 0 Å². The monoisotopic (exact) mass is 267 g/mol. The second kappa shape index (κ2) is 6.41. The van der Waals surface area contributed by atoms with Crippen molar-refractivity contribution in [1.82, 2.24) is 10.2 Å². The maximum absolute atomic E-state index is 6.34. The molecule has 100 valence electrons. The average molecular weight is 268 g/mol. The Morgan fingerprint density at radius 2 is 1.94 bits per heavy atom. The van der Waals surface area contributed by atoms with E-state index >= 15 is 0 Å². The molecule has 1 heterocycles. The summed E-state index contributed by atoms with van der Waals surface area (Å²) in [6.45, 7) is 8.32. The van der Waals surface area contributed by atoms with Gasteiger partial charge in [-0.2, -0.15) is 0 Å². The number of benzene rings is 1. The van der Waals surface area contributed by atoms with Gasteiger partial charge >= 0.3 is 0 Å². The molecule has 0 aliphatic carbocycles. The van der Waals surface area contributed by atoms with Gasteiger partial charge in [-0.1, -0.05) is 24.6 Å². The lowest BCUT2D eigenvalue weighted by atomic mass is 10.1. The molecule has 1 fully saturated rings. The maximum Gasteiger partial charge on any atom is 0.0471 e. The normalized spacial score (nSPS) is 17.2. The van der Waals surface area contributed by atoms with Crippen LogP contribution in [-0.2, 0) is 6.54 Å². The molecule has 0 amide bonds. The highest BCUT2D eigenvalue weighted by Gasteiger charge is 2.17. The van der Waals surface area contributed by atoms with E-state index in [1.54, 1.807) is 0 Å². The Labute approximate surface area is 115 Å². The van der Waals surface area contributed by atoms with Crippen molar-refractivity contribution in [3.8, 4) is 0 Å². The number of nitrogens with one attached hydrogen (secondary N) is 1. The van der Waals surface area contributed by atoms with Crippen molar-refractivity contribution in [3.05, 3.63) is 28.8 Å². The molecule has 1 saturated heterocycles. The van der Waals surface area contributed by atoms with Crippen LogP contribution in [0.15, 0.2) is 18.2 Å². The summed E-state index contributed by atoms with van der Waals surface area (Å²) >= 11 is 6.34. The van der Waals surface area contributed by atoms with E-state index in [0.29, 0.717) is 0 Å². The maximum atomic E-state index is 6.34. The van der Waals surface area contributed by atoms with E-state index in [9.17, 15) is 0 Å². The molecule has 0 saturated carbocycles. The lowest BCUT2D eigenvalue weighted by molar-refractivity contribution is 0.312. The molecule has 0 aromatic heterocycles. The highest BCUT2D eigenvalue weighted by Crippen LogP contribution is 2.28. The van der Waals surface area contributed by atoms with Gasteiger partial charge in [0, 0.05) is 49.0 Å². The average Bonchev–Trinajstić information content (AvgIpc) is 2.38. The van der Waals surface area contributed by atoms with Gasteiger partial charge in [-0.3, -0.25) is 0 Å². The first-order chi connectivity index (χ1) is 8.72. The number of nitrogens with zero attached hydrogens (tertiary/aromatic N) is 2. The quantitative estimate of drug-likeness (QED) is 0.902. The summed E-state index contributed by atoms with van der Waals surface area (Å²) in [6.07, 6.45) is 0. The summed E-state index contributed by atoms with van der Waals surface area (Å²) < 4.78 is 0. The number of rotatable bonds is 4. The molecule has 1 aromatic rings. The highest BCUT2D eigenvalue weighted by atomic mass is 35.5. The lowest BCUT2D eigenvalue weighted by Crippen LogP contribution is -2.45. The van der Waals surface area contributed by atoms with Gasteiger partial charge in [0.25, 0.3) is 0 Å². The molecule has 2 rings (SSSR count). The van der Waals surface area contributed by atoms with Gasteiger partial charge in [-0.25, -0.2) is 0 Å². The first-order valence-electron chi connectivity index (χ1n) is 6.64. The Morgan fingerprint density at radius 1 is 1.22 bits per heavy atom. The van der Waals surface area contributed by atoms with Crippen molar-refractivity contribution in [1.29, 1.82) is 0 Å². The van der Waals surface area contributed by atoms with Crippen LogP contribution in [0.1, 0.15) is 12.5 Å². The van der Waals surface area contributed by atoms with Crippen LogP contribution >= 0.6 is 11.6 Å². The third-order valence-electron chi connectivity index (χ3n) is 3.49. The third kappa shape index (κ3) is 3.16. The van der Waals surface area contributed by atoms with Crippen molar-refractivity contribution in [2.45, 2.75) is 13.5 Å². The fourth-order valence-electron chi connectivity index (χ4n) is 2.32. The summed E-state index contributed by atoms with van der Waals surface area (Å²) in [4.78, 5) is 4.81. The van der Waals surface area contributed by atoms with Crippen LogP contribution in [0.3, 0.4) is 0 Å². The van der Waals surface area contributed by atoms with Crippen LogP contribution in [0.4, 0.5) is 5.69 Å². The Morgan fingerprint density at radius 3 is 2.61 bits per heavy atom. The number of anilines is 1. The van der Waals surface area contributed by atoms with Crippen LogP contribution in [0.25, 0.3) is 0 Å². The highest BCUT2D eigenvalue weighted by molar-refractivity contribution is 6.31. The van der Waals surface area contributed by atoms with Crippen molar-refractivity contribution < 1.29 is 0 Å². The summed E-state index contributed by atoms with van der Waals surface area (Å²) in [6, 6.07) is 6.21. The van der Waals surface area contributed by atoms with Gasteiger partial charge in [0.1, 0.15) is 0 Å². The first kappa shape index (κ1) is 13.7. The van der Waals surface area contributed by atoms with Gasteiger partial charge < -0.3 is 15.1 Å². The largest absolute Gasteiger partial charge is 0.369 e. The fourth-order valence-corrected chi connectivity index (χ4v) is 2.55. The number of likely N-dealkylation sites (N-methyl/N-ethyl adjacent to an activating group) is 1. The minimum absolute atomic E-state index is 0.845. The van der Waals surface area contributed by atoms with Crippen LogP contribution in [-0.4, -0.2) is 44.7 Å². The van der Waals surface area contributed by atoms with Crippen LogP contribution in [0.5, 0.6) is 0 Å². The summed E-state index contributed by atoms with van der Waals surface area (Å²) in [5.74, 6) is 0. The van der Waals surface area contributed by atoms with Gasteiger partial charge in [0.15, 0.2) is 0 Å². The second-order valence-corrected chi connectivity index (χ2v) is 5.22. The van der Waals surface area contributed by atoms with Crippen LogP contribution in [0, 0.1) is 0 Å². The zero-order chi connectivity index (χ0) is 13.0. The minimum atomic E-state index is 0.845. The molecule has 3 nitrogen and oxygen atoms in total. The molecule has 0 radical (unpaired) electrons. The molecular formula is C14H22ClN3. The molecule has 0 bridgehead atoms.